The second kappa shape index (κ2) is 11.7. The summed E-state index contributed by atoms with van der Waals surface area (Å²) in [6.07, 6.45) is 0. The molecule has 1 unspecified atom stereocenters. The average Bonchev–Trinajstić information content (AvgIpc) is 3.31. The Morgan fingerprint density at radius 3 is 2.45 bits per heavy atom. The Morgan fingerprint density at radius 1 is 1.00 bits per heavy atom. The monoisotopic (exact) mass is 471 g/mol. The molecule has 2 aromatic carbocycles. The van der Waals surface area contributed by atoms with Gasteiger partial charge in [-0.2, -0.15) is 0 Å². The largest absolute Gasteiger partial charge is 0.486 e. The maximum atomic E-state index is 12.9. The summed E-state index contributed by atoms with van der Waals surface area (Å²) >= 11 is 1.08. The number of anilines is 1. The molecule has 0 aliphatic heterocycles. The highest BCUT2D eigenvalue weighted by Gasteiger charge is 2.18. The first-order valence-electron chi connectivity index (χ1n) is 9.94. The number of ether oxygens (including phenoxy) is 1. The fourth-order valence-electron chi connectivity index (χ4n) is 2.54. The highest BCUT2D eigenvalue weighted by atomic mass is 32.2. The van der Waals surface area contributed by atoms with Crippen LogP contribution in [0, 0.1) is 5.82 Å². The summed E-state index contributed by atoms with van der Waals surface area (Å²) in [5.41, 5.74) is 5.04. The molecule has 3 N–H and O–H groups in total. The van der Waals surface area contributed by atoms with Crippen molar-refractivity contribution >= 4 is 35.2 Å². The van der Waals surface area contributed by atoms with Gasteiger partial charge in [-0.3, -0.25) is 25.2 Å². The van der Waals surface area contributed by atoms with Crippen molar-refractivity contribution in [3.8, 4) is 5.75 Å². The zero-order chi connectivity index (χ0) is 23.6. The number of thioether (sulfide) groups is 1. The first kappa shape index (κ1) is 23.9. The third-order valence-electron chi connectivity index (χ3n) is 4.27. The molecule has 0 radical (unpaired) electrons. The summed E-state index contributed by atoms with van der Waals surface area (Å²) in [4.78, 5) is 36.3. The molecule has 3 amide bonds. The minimum atomic E-state index is -0.624. The predicted octanol–water partition coefficient (Wildman–Crippen LogP) is 3.52. The lowest BCUT2D eigenvalue weighted by molar-refractivity contribution is -0.121. The minimum Gasteiger partial charge on any atom is -0.486 e. The molecule has 0 fully saturated rings. The van der Waals surface area contributed by atoms with Crippen molar-refractivity contribution < 1.29 is 27.9 Å². The fraction of sp³-hybridized carbons (Fsp3) is 0.174. The molecule has 1 heterocycles. The number of benzene rings is 2. The van der Waals surface area contributed by atoms with Crippen LogP contribution in [-0.4, -0.2) is 28.7 Å². The summed E-state index contributed by atoms with van der Waals surface area (Å²) in [6.45, 7) is 1.75. The van der Waals surface area contributed by atoms with Crippen LogP contribution in [0.15, 0.2) is 71.1 Å². The van der Waals surface area contributed by atoms with Crippen LogP contribution >= 0.6 is 11.8 Å². The first-order chi connectivity index (χ1) is 15.9. The van der Waals surface area contributed by atoms with E-state index >= 15 is 0 Å². The van der Waals surface area contributed by atoms with E-state index in [-0.39, 0.29) is 24.0 Å². The standard InChI is InChI=1S/C23H22FN3O5S/c1-15(33-14-21(28)25-17-9-7-16(24)8-10-17)22(29)26-27-23(30)20-12-11-19(32-20)13-31-18-5-3-2-4-6-18/h2-12,15H,13-14H2,1H3,(H,25,28)(H,26,29)(H,27,30). The lowest BCUT2D eigenvalue weighted by atomic mass is 10.3. The molecule has 0 saturated carbocycles. The number of para-hydroxylation sites is 1. The smallest absolute Gasteiger partial charge is 0.305 e. The van der Waals surface area contributed by atoms with Gasteiger partial charge in [-0.05, 0) is 55.5 Å². The van der Waals surface area contributed by atoms with Gasteiger partial charge in [0.2, 0.25) is 5.91 Å². The molecule has 8 nitrogen and oxygen atoms in total. The zero-order valence-electron chi connectivity index (χ0n) is 17.7. The van der Waals surface area contributed by atoms with Crippen molar-refractivity contribution in [2.24, 2.45) is 0 Å². The maximum absolute atomic E-state index is 12.9. The van der Waals surface area contributed by atoms with E-state index in [1.54, 1.807) is 25.1 Å². The van der Waals surface area contributed by atoms with Gasteiger partial charge in [0, 0.05) is 5.69 Å². The van der Waals surface area contributed by atoms with Gasteiger partial charge < -0.3 is 14.5 Å². The quantitative estimate of drug-likeness (QED) is 0.412. The highest BCUT2D eigenvalue weighted by molar-refractivity contribution is 8.01. The molecule has 0 saturated heterocycles. The number of rotatable bonds is 9. The molecule has 3 rings (SSSR count). The van der Waals surface area contributed by atoms with Gasteiger partial charge in [0.15, 0.2) is 5.76 Å². The van der Waals surface area contributed by atoms with Crippen LogP contribution in [-0.2, 0) is 16.2 Å². The number of nitrogens with one attached hydrogen (secondary N) is 3. The number of hydrazine groups is 1. The number of carbonyl (C=O) groups excluding carboxylic acids is 3. The van der Waals surface area contributed by atoms with Crippen molar-refractivity contribution in [1.29, 1.82) is 0 Å². The summed E-state index contributed by atoms with van der Waals surface area (Å²) in [5.74, 6) is -0.708. The molecule has 0 bridgehead atoms. The van der Waals surface area contributed by atoms with Gasteiger partial charge in [0.1, 0.15) is 23.9 Å². The van der Waals surface area contributed by atoms with Gasteiger partial charge in [-0.15, -0.1) is 11.8 Å². The predicted molar refractivity (Wildman–Crippen MR) is 122 cm³/mol. The van der Waals surface area contributed by atoms with E-state index in [2.05, 4.69) is 16.2 Å². The molecular formula is C23H22FN3O5S. The fourth-order valence-corrected chi connectivity index (χ4v) is 3.22. The highest BCUT2D eigenvalue weighted by Crippen LogP contribution is 2.15. The topological polar surface area (TPSA) is 110 Å². The van der Waals surface area contributed by atoms with Crippen molar-refractivity contribution in [2.75, 3.05) is 11.1 Å². The number of carbonyl (C=O) groups is 3. The maximum Gasteiger partial charge on any atom is 0.305 e. The Balaban J connectivity index is 1.37. The molecule has 0 aliphatic carbocycles. The van der Waals surface area contributed by atoms with Crippen LogP contribution in [0.25, 0.3) is 0 Å². The Labute approximate surface area is 193 Å². The molecule has 3 aromatic rings. The second-order valence-electron chi connectivity index (χ2n) is 6.82. The van der Waals surface area contributed by atoms with E-state index in [1.165, 1.54) is 30.3 Å². The zero-order valence-corrected chi connectivity index (χ0v) is 18.5. The van der Waals surface area contributed by atoms with Crippen molar-refractivity contribution in [1.82, 2.24) is 10.9 Å². The van der Waals surface area contributed by atoms with Gasteiger partial charge >= 0.3 is 5.91 Å². The van der Waals surface area contributed by atoms with Gasteiger partial charge in [-0.25, -0.2) is 4.39 Å². The Hall–Kier alpha value is -3.79. The van der Waals surface area contributed by atoms with Crippen LogP contribution in [0.2, 0.25) is 0 Å². The summed E-state index contributed by atoms with van der Waals surface area (Å²) in [7, 11) is 0. The molecule has 10 heteroatoms. The van der Waals surface area contributed by atoms with Gasteiger partial charge in [-0.1, -0.05) is 18.2 Å². The van der Waals surface area contributed by atoms with Crippen molar-refractivity contribution in [3.63, 3.8) is 0 Å². The molecule has 172 valence electrons. The molecular weight excluding hydrogens is 449 g/mol. The Bertz CT molecular complexity index is 1090. The number of amides is 3. The number of hydrogen-bond donors (Lipinski definition) is 3. The van der Waals surface area contributed by atoms with Crippen LogP contribution < -0.4 is 20.9 Å². The lowest BCUT2D eigenvalue weighted by Crippen LogP contribution is -2.45. The van der Waals surface area contributed by atoms with E-state index in [4.69, 9.17) is 9.15 Å². The van der Waals surface area contributed by atoms with Crippen LogP contribution in [0.5, 0.6) is 5.75 Å². The Morgan fingerprint density at radius 2 is 1.73 bits per heavy atom. The van der Waals surface area contributed by atoms with Crippen LogP contribution in [0.3, 0.4) is 0 Å². The second-order valence-corrected chi connectivity index (χ2v) is 8.15. The van der Waals surface area contributed by atoms with E-state index in [0.29, 0.717) is 17.2 Å². The molecule has 0 aliphatic rings. The number of halogens is 1. The van der Waals surface area contributed by atoms with Gasteiger partial charge in [0.25, 0.3) is 5.91 Å². The van der Waals surface area contributed by atoms with E-state index < -0.39 is 22.9 Å². The number of hydrogen-bond acceptors (Lipinski definition) is 6. The Kier molecular flexibility index (Phi) is 8.48. The van der Waals surface area contributed by atoms with Crippen molar-refractivity contribution in [3.05, 3.63) is 84.1 Å². The van der Waals surface area contributed by atoms with E-state index in [9.17, 15) is 18.8 Å². The summed E-state index contributed by atoms with van der Waals surface area (Å²) in [5, 5.41) is 1.99. The molecule has 0 spiro atoms. The van der Waals surface area contributed by atoms with E-state index in [1.807, 2.05) is 18.2 Å². The SMILES string of the molecule is CC(SCC(=O)Nc1ccc(F)cc1)C(=O)NNC(=O)c1ccc(COc2ccccc2)o1. The number of furan rings is 1. The van der Waals surface area contributed by atoms with Crippen molar-refractivity contribution in [2.45, 2.75) is 18.8 Å². The minimum absolute atomic E-state index is 0.00284. The molecule has 1 aromatic heterocycles. The van der Waals surface area contributed by atoms with Crippen LogP contribution in [0.4, 0.5) is 10.1 Å². The van der Waals surface area contributed by atoms with Crippen LogP contribution in [0.1, 0.15) is 23.2 Å². The molecule has 1 atom stereocenters. The normalized spacial score (nSPS) is 11.3. The summed E-state index contributed by atoms with van der Waals surface area (Å²) < 4.78 is 23.9. The molecule has 33 heavy (non-hydrogen) atoms. The lowest BCUT2D eigenvalue weighted by Gasteiger charge is -2.12. The first-order valence-corrected chi connectivity index (χ1v) is 11.0. The third kappa shape index (κ3) is 7.69. The third-order valence-corrected chi connectivity index (χ3v) is 5.41. The summed E-state index contributed by atoms with van der Waals surface area (Å²) in [6, 6.07) is 17.6. The van der Waals surface area contributed by atoms with E-state index in [0.717, 1.165) is 11.8 Å². The average molecular weight is 472 g/mol. The van der Waals surface area contributed by atoms with Gasteiger partial charge in [0.05, 0.1) is 11.0 Å².